The standard InChI is InChI=1S/C20H19BrN2O3S/c1-11-5-12(2)7-14(6-11)22-20-23-19(24)18(27-20)9-13-8-15(21)17(26-4)10-16(13)25-3/h5-10H,1-4H3,(H,22,23,24)/b18-9+. The molecule has 0 saturated carbocycles. The van der Waals surface area contributed by atoms with Crippen molar-refractivity contribution in [3.05, 3.63) is 56.4 Å². The van der Waals surface area contributed by atoms with Crippen LogP contribution in [0.3, 0.4) is 0 Å². The minimum atomic E-state index is -0.183. The van der Waals surface area contributed by atoms with Crippen LogP contribution in [-0.4, -0.2) is 25.3 Å². The predicted molar refractivity (Wildman–Crippen MR) is 114 cm³/mol. The smallest absolute Gasteiger partial charge is 0.264 e. The molecular formula is C20H19BrN2O3S. The number of amidine groups is 1. The Kier molecular flexibility index (Phi) is 5.92. The fourth-order valence-corrected chi connectivity index (χ4v) is 4.11. The molecule has 1 fully saturated rings. The average Bonchev–Trinajstić information content (AvgIpc) is 2.93. The van der Waals surface area contributed by atoms with E-state index in [9.17, 15) is 4.79 Å². The van der Waals surface area contributed by atoms with Gasteiger partial charge in [0.2, 0.25) is 0 Å². The van der Waals surface area contributed by atoms with Crippen molar-refractivity contribution in [3.8, 4) is 11.5 Å². The van der Waals surface area contributed by atoms with Crippen molar-refractivity contribution < 1.29 is 14.3 Å². The van der Waals surface area contributed by atoms with Crippen LogP contribution in [0, 0.1) is 13.8 Å². The number of nitrogens with zero attached hydrogens (tertiary/aromatic N) is 1. The van der Waals surface area contributed by atoms with Gasteiger partial charge in [0.25, 0.3) is 5.91 Å². The highest BCUT2D eigenvalue weighted by Gasteiger charge is 2.24. The molecule has 140 valence electrons. The molecule has 1 amide bonds. The van der Waals surface area contributed by atoms with E-state index in [2.05, 4.69) is 32.3 Å². The van der Waals surface area contributed by atoms with Gasteiger partial charge in [-0.25, -0.2) is 4.99 Å². The van der Waals surface area contributed by atoms with Crippen molar-refractivity contribution in [1.29, 1.82) is 0 Å². The quantitative estimate of drug-likeness (QED) is 0.673. The molecular weight excluding hydrogens is 428 g/mol. The summed E-state index contributed by atoms with van der Waals surface area (Å²) in [5, 5.41) is 3.37. The molecule has 27 heavy (non-hydrogen) atoms. The Morgan fingerprint density at radius 2 is 1.70 bits per heavy atom. The Morgan fingerprint density at radius 3 is 2.33 bits per heavy atom. The maximum atomic E-state index is 12.4. The van der Waals surface area contributed by atoms with Gasteiger partial charge < -0.3 is 14.8 Å². The number of hydrogen-bond donors (Lipinski definition) is 1. The van der Waals surface area contributed by atoms with Crippen LogP contribution in [0.2, 0.25) is 0 Å². The lowest BCUT2D eigenvalue weighted by molar-refractivity contribution is -0.115. The van der Waals surface area contributed by atoms with Crippen molar-refractivity contribution in [3.63, 3.8) is 0 Å². The number of benzene rings is 2. The van der Waals surface area contributed by atoms with E-state index < -0.39 is 0 Å². The number of carbonyl (C=O) groups is 1. The predicted octanol–water partition coefficient (Wildman–Crippen LogP) is 4.97. The number of nitrogens with one attached hydrogen (secondary N) is 1. The lowest BCUT2D eigenvalue weighted by atomic mass is 10.1. The van der Waals surface area contributed by atoms with Gasteiger partial charge in [-0.2, -0.15) is 0 Å². The molecule has 0 bridgehead atoms. The molecule has 0 spiro atoms. The third kappa shape index (κ3) is 4.54. The highest BCUT2D eigenvalue weighted by atomic mass is 79.9. The number of aliphatic imine (C=N–C) groups is 1. The molecule has 0 unspecified atom stereocenters. The number of carbonyl (C=O) groups excluding carboxylic acids is 1. The first kappa shape index (κ1) is 19.5. The third-order valence-electron chi connectivity index (χ3n) is 3.88. The summed E-state index contributed by atoms with van der Waals surface area (Å²) in [7, 11) is 3.17. The van der Waals surface area contributed by atoms with Gasteiger partial charge in [0.15, 0.2) is 5.17 Å². The Labute approximate surface area is 171 Å². The Bertz CT molecular complexity index is 950. The van der Waals surface area contributed by atoms with E-state index in [1.807, 2.05) is 32.0 Å². The Balaban J connectivity index is 1.92. The lowest BCUT2D eigenvalue weighted by Crippen LogP contribution is -2.19. The number of amides is 1. The van der Waals surface area contributed by atoms with Crippen LogP contribution in [0.5, 0.6) is 11.5 Å². The monoisotopic (exact) mass is 446 g/mol. The van der Waals surface area contributed by atoms with Gasteiger partial charge in [-0.15, -0.1) is 0 Å². The normalized spacial score (nSPS) is 16.7. The van der Waals surface area contributed by atoms with Gasteiger partial charge in [-0.05, 0) is 76.9 Å². The summed E-state index contributed by atoms with van der Waals surface area (Å²) in [5.41, 5.74) is 3.86. The topological polar surface area (TPSA) is 59.9 Å². The summed E-state index contributed by atoms with van der Waals surface area (Å²) in [6.45, 7) is 4.05. The van der Waals surface area contributed by atoms with Crippen molar-refractivity contribution in [1.82, 2.24) is 5.32 Å². The zero-order valence-electron chi connectivity index (χ0n) is 15.4. The van der Waals surface area contributed by atoms with Crippen LogP contribution >= 0.6 is 27.7 Å². The summed E-state index contributed by atoms with van der Waals surface area (Å²) >= 11 is 4.77. The maximum absolute atomic E-state index is 12.4. The van der Waals surface area contributed by atoms with E-state index >= 15 is 0 Å². The van der Waals surface area contributed by atoms with Crippen LogP contribution in [0.25, 0.3) is 6.08 Å². The molecule has 1 aliphatic rings. The molecule has 0 aliphatic carbocycles. The second kappa shape index (κ2) is 8.19. The number of halogens is 1. The molecule has 3 rings (SSSR count). The average molecular weight is 447 g/mol. The number of thioether (sulfide) groups is 1. The SMILES string of the molecule is COc1cc(OC)c(/C=C2/SC(=Nc3cc(C)cc(C)c3)NC2=O)cc1Br. The van der Waals surface area contributed by atoms with Gasteiger partial charge in [0.1, 0.15) is 11.5 Å². The van der Waals surface area contributed by atoms with Gasteiger partial charge in [0.05, 0.1) is 29.3 Å². The van der Waals surface area contributed by atoms with Crippen molar-refractivity contribution in [2.45, 2.75) is 13.8 Å². The molecule has 1 N–H and O–H groups in total. The molecule has 2 aromatic carbocycles. The highest BCUT2D eigenvalue weighted by molar-refractivity contribution is 9.10. The molecule has 7 heteroatoms. The first-order valence-electron chi connectivity index (χ1n) is 8.19. The van der Waals surface area contributed by atoms with E-state index in [0.29, 0.717) is 21.6 Å². The molecule has 0 atom stereocenters. The molecule has 1 aliphatic heterocycles. The number of rotatable bonds is 4. The molecule has 1 saturated heterocycles. The van der Waals surface area contributed by atoms with E-state index in [1.54, 1.807) is 26.4 Å². The van der Waals surface area contributed by atoms with Crippen LogP contribution < -0.4 is 14.8 Å². The first-order valence-corrected chi connectivity index (χ1v) is 9.80. The number of aryl methyl sites for hydroxylation is 2. The van der Waals surface area contributed by atoms with Crippen molar-refractivity contribution in [2.75, 3.05) is 14.2 Å². The lowest BCUT2D eigenvalue weighted by Gasteiger charge is -2.10. The molecule has 0 aromatic heterocycles. The summed E-state index contributed by atoms with van der Waals surface area (Å²) in [4.78, 5) is 17.5. The number of hydrogen-bond acceptors (Lipinski definition) is 5. The third-order valence-corrected chi connectivity index (χ3v) is 5.41. The van der Waals surface area contributed by atoms with Crippen LogP contribution in [0.15, 0.2) is 44.7 Å². The second-order valence-corrected chi connectivity index (χ2v) is 7.94. The van der Waals surface area contributed by atoms with Gasteiger partial charge in [0, 0.05) is 11.6 Å². The fraction of sp³-hybridized carbons (Fsp3) is 0.200. The molecule has 0 radical (unpaired) electrons. The van der Waals surface area contributed by atoms with Crippen molar-refractivity contribution in [2.24, 2.45) is 4.99 Å². The summed E-state index contributed by atoms with van der Waals surface area (Å²) < 4.78 is 11.5. The molecule has 1 heterocycles. The van der Waals surface area contributed by atoms with E-state index in [-0.39, 0.29) is 5.91 Å². The largest absolute Gasteiger partial charge is 0.496 e. The van der Waals surface area contributed by atoms with Crippen molar-refractivity contribution >= 4 is 50.5 Å². The zero-order chi connectivity index (χ0) is 19.6. The van der Waals surface area contributed by atoms with Crippen LogP contribution in [0.4, 0.5) is 5.69 Å². The van der Waals surface area contributed by atoms with Crippen LogP contribution in [0.1, 0.15) is 16.7 Å². The highest BCUT2D eigenvalue weighted by Crippen LogP contribution is 2.36. The zero-order valence-corrected chi connectivity index (χ0v) is 17.8. The summed E-state index contributed by atoms with van der Waals surface area (Å²) in [5.74, 6) is 1.10. The van der Waals surface area contributed by atoms with Gasteiger partial charge >= 0.3 is 0 Å². The Hall–Kier alpha value is -2.25. The maximum Gasteiger partial charge on any atom is 0.264 e. The molecule has 2 aromatic rings. The molecule has 5 nitrogen and oxygen atoms in total. The van der Waals surface area contributed by atoms with Gasteiger partial charge in [-0.3, -0.25) is 4.79 Å². The number of methoxy groups -OCH3 is 2. The van der Waals surface area contributed by atoms with E-state index in [4.69, 9.17) is 9.47 Å². The first-order chi connectivity index (χ1) is 12.9. The van der Waals surface area contributed by atoms with E-state index in [1.165, 1.54) is 11.8 Å². The fourth-order valence-electron chi connectivity index (χ4n) is 2.75. The summed E-state index contributed by atoms with van der Waals surface area (Å²) in [6.07, 6.45) is 1.78. The van der Waals surface area contributed by atoms with E-state index in [0.717, 1.165) is 26.9 Å². The summed E-state index contributed by atoms with van der Waals surface area (Å²) in [6, 6.07) is 9.69. The minimum absolute atomic E-state index is 0.183. The Morgan fingerprint density at radius 1 is 1.04 bits per heavy atom. The second-order valence-electron chi connectivity index (χ2n) is 6.06. The van der Waals surface area contributed by atoms with Crippen LogP contribution in [-0.2, 0) is 4.79 Å². The number of ether oxygens (including phenoxy) is 2. The minimum Gasteiger partial charge on any atom is -0.496 e. The van der Waals surface area contributed by atoms with Gasteiger partial charge in [-0.1, -0.05) is 6.07 Å².